The number of nitrogens with zero attached hydrogens (tertiary/aromatic N) is 1. The highest BCUT2D eigenvalue weighted by atomic mass is 16.5. The summed E-state index contributed by atoms with van der Waals surface area (Å²) in [5, 5.41) is 3.47. The molecular formula is C18H30N2O. The summed E-state index contributed by atoms with van der Waals surface area (Å²) in [6.07, 6.45) is 0. The summed E-state index contributed by atoms with van der Waals surface area (Å²) < 4.78 is 6.17. The third kappa shape index (κ3) is 4.53. The van der Waals surface area contributed by atoms with Gasteiger partial charge in [-0.3, -0.25) is 4.90 Å². The average Bonchev–Trinajstić information content (AvgIpc) is 2.32. The van der Waals surface area contributed by atoms with Gasteiger partial charge in [0, 0.05) is 25.7 Å². The van der Waals surface area contributed by atoms with Crippen LogP contribution in [-0.4, -0.2) is 42.8 Å². The Morgan fingerprint density at radius 1 is 1.19 bits per heavy atom. The van der Waals surface area contributed by atoms with Gasteiger partial charge in [-0.1, -0.05) is 29.8 Å². The van der Waals surface area contributed by atoms with Gasteiger partial charge in [-0.2, -0.15) is 0 Å². The first kappa shape index (κ1) is 16.5. The normalized spacial score (nSPS) is 23.0. The molecule has 0 amide bonds. The minimum atomic E-state index is -0.0906. The summed E-state index contributed by atoms with van der Waals surface area (Å²) in [5.41, 5.74) is 2.49. The van der Waals surface area contributed by atoms with Crippen LogP contribution >= 0.6 is 0 Å². The lowest BCUT2D eigenvalue weighted by atomic mass is 9.97. The molecule has 1 saturated heterocycles. The number of nitrogens with one attached hydrogen (secondary N) is 1. The maximum atomic E-state index is 6.17. The van der Waals surface area contributed by atoms with Crippen LogP contribution in [0.25, 0.3) is 0 Å². The molecule has 1 aliphatic heterocycles. The molecule has 21 heavy (non-hydrogen) atoms. The number of benzene rings is 1. The van der Waals surface area contributed by atoms with Crippen LogP contribution in [0.15, 0.2) is 24.3 Å². The molecule has 118 valence electrons. The van der Waals surface area contributed by atoms with E-state index >= 15 is 0 Å². The van der Waals surface area contributed by atoms with E-state index in [0.29, 0.717) is 6.04 Å². The number of likely N-dealkylation sites (N-methyl/N-ethyl adjacent to an activating group) is 1. The summed E-state index contributed by atoms with van der Waals surface area (Å²) in [7, 11) is 2.05. The van der Waals surface area contributed by atoms with E-state index in [1.165, 1.54) is 11.1 Å². The number of rotatable bonds is 4. The van der Waals surface area contributed by atoms with Crippen molar-refractivity contribution >= 4 is 0 Å². The SMILES string of the molecule is CNC(CN1CC(C)(C)OC(C)(C)C1)c1cccc(C)c1. The van der Waals surface area contributed by atoms with Crippen molar-refractivity contribution < 1.29 is 4.74 Å². The monoisotopic (exact) mass is 290 g/mol. The van der Waals surface area contributed by atoms with Crippen molar-refractivity contribution in [3.8, 4) is 0 Å². The van der Waals surface area contributed by atoms with E-state index in [2.05, 4.69) is 69.1 Å². The fourth-order valence-electron chi connectivity index (χ4n) is 3.58. The van der Waals surface area contributed by atoms with E-state index in [1.807, 2.05) is 7.05 Å². The molecule has 1 heterocycles. The summed E-state index contributed by atoms with van der Waals surface area (Å²) in [6, 6.07) is 9.14. The van der Waals surface area contributed by atoms with E-state index in [4.69, 9.17) is 4.74 Å². The number of ether oxygens (including phenoxy) is 1. The van der Waals surface area contributed by atoms with Crippen LogP contribution in [0.3, 0.4) is 0 Å². The van der Waals surface area contributed by atoms with E-state index in [1.54, 1.807) is 0 Å². The van der Waals surface area contributed by atoms with Gasteiger partial charge in [0.2, 0.25) is 0 Å². The van der Waals surface area contributed by atoms with Crippen molar-refractivity contribution in [1.82, 2.24) is 10.2 Å². The van der Waals surface area contributed by atoms with Gasteiger partial charge in [-0.05, 0) is 47.2 Å². The fourth-order valence-corrected chi connectivity index (χ4v) is 3.58. The van der Waals surface area contributed by atoms with Crippen molar-refractivity contribution in [2.75, 3.05) is 26.7 Å². The van der Waals surface area contributed by atoms with E-state index in [0.717, 1.165) is 19.6 Å². The van der Waals surface area contributed by atoms with Gasteiger partial charge < -0.3 is 10.1 Å². The molecule has 3 nitrogen and oxygen atoms in total. The lowest BCUT2D eigenvalue weighted by Gasteiger charge is -2.48. The van der Waals surface area contributed by atoms with Crippen LogP contribution in [0, 0.1) is 6.92 Å². The first-order valence-electron chi connectivity index (χ1n) is 7.87. The minimum Gasteiger partial charge on any atom is -0.367 e. The molecule has 0 radical (unpaired) electrons. The molecule has 0 spiro atoms. The van der Waals surface area contributed by atoms with Gasteiger partial charge >= 0.3 is 0 Å². The van der Waals surface area contributed by atoms with Crippen molar-refractivity contribution in [3.63, 3.8) is 0 Å². The first-order valence-corrected chi connectivity index (χ1v) is 7.87. The van der Waals surface area contributed by atoms with Gasteiger partial charge in [0.1, 0.15) is 0 Å². The van der Waals surface area contributed by atoms with Crippen molar-refractivity contribution in [2.24, 2.45) is 0 Å². The molecule has 1 aliphatic rings. The summed E-state index contributed by atoms with van der Waals surface area (Å²) in [6.45, 7) is 13.8. The van der Waals surface area contributed by atoms with E-state index in [9.17, 15) is 0 Å². The molecule has 0 aromatic heterocycles. The summed E-state index contributed by atoms with van der Waals surface area (Å²) in [5.74, 6) is 0. The van der Waals surface area contributed by atoms with Gasteiger partial charge in [0.05, 0.1) is 11.2 Å². The Hall–Kier alpha value is -0.900. The summed E-state index contributed by atoms with van der Waals surface area (Å²) >= 11 is 0. The van der Waals surface area contributed by atoms with E-state index < -0.39 is 0 Å². The topological polar surface area (TPSA) is 24.5 Å². The Bertz CT molecular complexity index is 466. The zero-order valence-corrected chi connectivity index (χ0v) is 14.4. The molecule has 0 aliphatic carbocycles. The highest BCUT2D eigenvalue weighted by Gasteiger charge is 2.38. The van der Waals surface area contributed by atoms with Gasteiger partial charge in [0.25, 0.3) is 0 Å². The zero-order valence-electron chi connectivity index (χ0n) is 14.4. The Labute approximate surface area is 129 Å². The van der Waals surface area contributed by atoms with Crippen LogP contribution in [0.5, 0.6) is 0 Å². The molecule has 1 unspecified atom stereocenters. The minimum absolute atomic E-state index is 0.0906. The fraction of sp³-hybridized carbons (Fsp3) is 0.667. The molecule has 0 bridgehead atoms. The Morgan fingerprint density at radius 3 is 2.33 bits per heavy atom. The molecule has 1 atom stereocenters. The number of aryl methyl sites for hydroxylation is 1. The predicted molar refractivity (Wildman–Crippen MR) is 88.7 cm³/mol. The van der Waals surface area contributed by atoms with Crippen molar-refractivity contribution in [2.45, 2.75) is 51.9 Å². The molecule has 1 fully saturated rings. The van der Waals surface area contributed by atoms with Crippen LogP contribution in [0.1, 0.15) is 44.9 Å². The molecule has 1 aromatic carbocycles. The standard InChI is InChI=1S/C18H30N2O/c1-14-8-7-9-15(10-14)16(19-6)11-20-12-17(2,3)21-18(4,5)13-20/h7-10,16,19H,11-13H2,1-6H3. The van der Waals surface area contributed by atoms with Crippen LogP contribution < -0.4 is 5.32 Å². The third-order valence-corrected chi connectivity index (χ3v) is 4.00. The lowest BCUT2D eigenvalue weighted by molar-refractivity contribution is -0.181. The largest absolute Gasteiger partial charge is 0.367 e. The predicted octanol–water partition coefficient (Wildman–Crippen LogP) is 3.14. The molecule has 3 heteroatoms. The van der Waals surface area contributed by atoms with E-state index in [-0.39, 0.29) is 11.2 Å². The number of morpholine rings is 1. The number of hydrogen-bond donors (Lipinski definition) is 1. The third-order valence-electron chi connectivity index (χ3n) is 4.00. The van der Waals surface area contributed by atoms with Gasteiger partial charge in [-0.25, -0.2) is 0 Å². The van der Waals surface area contributed by atoms with Crippen LogP contribution in [-0.2, 0) is 4.74 Å². The highest BCUT2D eigenvalue weighted by molar-refractivity contribution is 5.25. The second-order valence-electron chi connectivity index (χ2n) is 7.55. The Kier molecular flexibility index (Phi) is 4.76. The molecule has 1 N–H and O–H groups in total. The maximum Gasteiger partial charge on any atom is 0.0760 e. The van der Waals surface area contributed by atoms with Gasteiger partial charge in [-0.15, -0.1) is 0 Å². The van der Waals surface area contributed by atoms with Crippen molar-refractivity contribution in [1.29, 1.82) is 0 Å². The Morgan fingerprint density at radius 2 is 1.81 bits per heavy atom. The quantitative estimate of drug-likeness (QED) is 0.922. The molecular weight excluding hydrogens is 260 g/mol. The summed E-state index contributed by atoms with van der Waals surface area (Å²) in [4.78, 5) is 2.52. The molecule has 1 aromatic rings. The molecule has 0 saturated carbocycles. The molecule has 2 rings (SSSR count). The highest BCUT2D eigenvalue weighted by Crippen LogP contribution is 2.29. The van der Waals surface area contributed by atoms with Gasteiger partial charge in [0.15, 0.2) is 0 Å². The second-order valence-corrected chi connectivity index (χ2v) is 7.55. The number of hydrogen-bond acceptors (Lipinski definition) is 3. The smallest absolute Gasteiger partial charge is 0.0760 e. The van der Waals surface area contributed by atoms with Crippen molar-refractivity contribution in [3.05, 3.63) is 35.4 Å². The maximum absolute atomic E-state index is 6.17. The van der Waals surface area contributed by atoms with Crippen LogP contribution in [0.2, 0.25) is 0 Å². The second kappa shape index (κ2) is 6.07. The first-order chi connectivity index (χ1) is 9.71. The Balaban J connectivity index is 2.11. The zero-order chi connectivity index (χ0) is 15.7. The lowest BCUT2D eigenvalue weighted by Crippen LogP contribution is -2.58. The average molecular weight is 290 g/mol. The van der Waals surface area contributed by atoms with Crippen LogP contribution in [0.4, 0.5) is 0 Å².